The summed E-state index contributed by atoms with van der Waals surface area (Å²) < 4.78 is 0. The molecule has 0 unspecified atom stereocenters. The molecule has 3 nitrogen and oxygen atoms in total. The van der Waals surface area contributed by atoms with Crippen molar-refractivity contribution in [2.24, 2.45) is 4.95 Å². The summed E-state index contributed by atoms with van der Waals surface area (Å²) in [5.74, 6) is 0. The Hall–Kier alpha value is -0.0100. The van der Waals surface area contributed by atoms with Crippen molar-refractivity contribution in [3.05, 3.63) is 4.91 Å². The third-order valence-electron chi connectivity index (χ3n) is 1.30. The molecular formula is C3H8NO2P. The maximum atomic E-state index is 9.77. The number of nitroso groups, excluding NO2 is 1. The Bertz CT molecular complexity index is 114. The summed E-state index contributed by atoms with van der Waals surface area (Å²) in [6, 6.07) is 0. The van der Waals surface area contributed by atoms with Gasteiger partial charge in [-0.1, -0.05) is 0 Å². The van der Waals surface area contributed by atoms with Gasteiger partial charge in [0.05, 0.1) is 0 Å². The van der Waals surface area contributed by atoms with Gasteiger partial charge in [0, 0.05) is 0 Å². The fraction of sp³-hybridized carbons (Fsp3) is 1.00. The Morgan fingerprint density at radius 2 is 2.14 bits per heavy atom. The summed E-state index contributed by atoms with van der Waals surface area (Å²) in [5.41, 5.74) is 0. The van der Waals surface area contributed by atoms with Gasteiger partial charge < -0.3 is 0 Å². The van der Waals surface area contributed by atoms with Crippen molar-refractivity contribution in [3.8, 4) is 0 Å². The van der Waals surface area contributed by atoms with Crippen molar-refractivity contribution in [2.45, 2.75) is 0 Å². The summed E-state index contributed by atoms with van der Waals surface area (Å²) in [6.07, 6.45) is 1.30. The van der Waals surface area contributed by atoms with E-state index in [-0.39, 0.29) is 0 Å². The topological polar surface area (TPSA) is 49.7 Å². The first-order chi connectivity index (χ1) is 3.05. The molecule has 0 aromatic carbocycles. The van der Waals surface area contributed by atoms with Crippen molar-refractivity contribution in [3.63, 3.8) is 0 Å². The van der Waals surface area contributed by atoms with Crippen molar-refractivity contribution < 1.29 is 4.89 Å². The first-order valence-electron chi connectivity index (χ1n) is 2.16. The van der Waals surface area contributed by atoms with Gasteiger partial charge in [0.1, 0.15) is 0 Å². The van der Waals surface area contributed by atoms with Crippen LogP contribution in [0.25, 0.3) is 0 Å². The van der Waals surface area contributed by atoms with Gasteiger partial charge in [-0.3, -0.25) is 0 Å². The van der Waals surface area contributed by atoms with Crippen LogP contribution in [0.3, 0.4) is 0 Å². The number of hydrogen-bond donors (Lipinski definition) is 1. The fourth-order valence-corrected chi connectivity index (χ4v) is 1.95. The molecule has 0 bridgehead atoms. The Labute approximate surface area is 41.8 Å². The normalized spacial score (nSPS) is 37.7. The zero-order chi connectivity index (χ0) is 5.57. The van der Waals surface area contributed by atoms with Crippen molar-refractivity contribution >= 4 is 6.98 Å². The van der Waals surface area contributed by atoms with E-state index in [9.17, 15) is 4.91 Å². The zero-order valence-electron chi connectivity index (χ0n) is 4.16. The molecule has 42 valence electrons. The van der Waals surface area contributed by atoms with E-state index >= 15 is 0 Å². The average Bonchev–Trinajstić information content (AvgIpc) is 2.20. The molecule has 0 saturated carbocycles. The molecule has 1 fully saturated rings. The van der Waals surface area contributed by atoms with Crippen LogP contribution in [0, 0.1) is 4.91 Å². The van der Waals surface area contributed by atoms with E-state index < -0.39 is 6.98 Å². The van der Waals surface area contributed by atoms with E-state index in [0.29, 0.717) is 12.3 Å². The fourth-order valence-electron chi connectivity index (χ4n) is 0.271. The van der Waals surface area contributed by atoms with Crippen molar-refractivity contribution in [2.75, 3.05) is 19.0 Å². The van der Waals surface area contributed by atoms with Gasteiger partial charge in [0.15, 0.2) is 0 Å². The van der Waals surface area contributed by atoms with Gasteiger partial charge in [-0.15, -0.1) is 0 Å². The number of nitrogens with zero attached hydrogens (tertiary/aromatic N) is 1. The van der Waals surface area contributed by atoms with E-state index in [1.54, 1.807) is 6.66 Å². The van der Waals surface area contributed by atoms with E-state index in [2.05, 4.69) is 4.95 Å². The third-order valence-corrected chi connectivity index (χ3v) is 3.91. The van der Waals surface area contributed by atoms with Gasteiger partial charge in [0.2, 0.25) is 0 Å². The second-order valence-electron chi connectivity index (χ2n) is 2.44. The number of rotatable bonds is 1. The maximum absolute atomic E-state index is 9.77. The van der Waals surface area contributed by atoms with Crippen LogP contribution in [0.15, 0.2) is 4.95 Å². The molecule has 0 aliphatic carbocycles. The average molecular weight is 121 g/mol. The second-order valence-corrected chi connectivity index (χ2v) is 7.32. The molecule has 4 heteroatoms. The van der Waals surface area contributed by atoms with E-state index in [1.807, 2.05) is 0 Å². The number of hydrogen-bond acceptors (Lipinski definition) is 3. The molecule has 1 N–H and O–H groups in total. The minimum atomic E-state index is -2.76. The van der Waals surface area contributed by atoms with Crippen LogP contribution >= 0.6 is 6.98 Å². The SMILES string of the molecule is CP1(O)(N=O)CC1. The molecule has 1 aliphatic heterocycles. The zero-order valence-corrected chi connectivity index (χ0v) is 5.06. The monoisotopic (exact) mass is 121 g/mol. The molecule has 1 aliphatic rings. The van der Waals surface area contributed by atoms with Crippen molar-refractivity contribution in [1.82, 2.24) is 0 Å². The van der Waals surface area contributed by atoms with E-state index in [4.69, 9.17) is 4.89 Å². The van der Waals surface area contributed by atoms with Crippen molar-refractivity contribution in [1.29, 1.82) is 0 Å². The Morgan fingerprint density at radius 3 is 2.14 bits per heavy atom. The Morgan fingerprint density at radius 1 is 1.71 bits per heavy atom. The predicted octanol–water partition coefficient (Wildman–Crippen LogP) is 0.772. The van der Waals surface area contributed by atoms with Gasteiger partial charge >= 0.3 is 40.7 Å². The van der Waals surface area contributed by atoms with Crippen LogP contribution in [-0.4, -0.2) is 23.9 Å². The van der Waals surface area contributed by atoms with Crippen LogP contribution in [0.5, 0.6) is 0 Å². The van der Waals surface area contributed by atoms with Gasteiger partial charge in [-0.05, 0) is 0 Å². The molecule has 0 aromatic rings. The summed E-state index contributed by atoms with van der Waals surface area (Å²) in [4.78, 5) is 21.5. The molecule has 0 amide bonds. The van der Waals surface area contributed by atoms with E-state index in [0.717, 1.165) is 0 Å². The second kappa shape index (κ2) is 0.884. The molecule has 0 radical (unpaired) electrons. The van der Waals surface area contributed by atoms with Gasteiger partial charge in [0.25, 0.3) is 0 Å². The van der Waals surface area contributed by atoms with Crippen LogP contribution in [0.1, 0.15) is 0 Å². The molecule has 0 aromatic heterocycles. The quantitative estimate of drug-likeness (QED) is 0.411. The van der Waals surface area contributed by atoms with Gasteiger partial charge in [-0.25, -0.2) is 0 Å². The molecular weight excluding hydrogens is 113 g/mol. The first kappa shape index (κ1) is 5.13. The molecule has 7 heavy (non-hydrogen) atoms. The summed E-state index contributed by atoms with van der Waals surface area (Å²) in [6.45, 7) is -1.17. The molecule has 1 saturated heterocycles. The molecule has 0 atom stereocenters. The first-order valence-corrected chi connectivity index (χ1v) is 5.12. The standard InChI is InChI=1S/C3H8NO2P/c1-7(6,4-5)2-3-7/h6H,2-3H2,1H3. The predicted molar refractivity (Wildman–Crippen MR) is 30.6 cm³/mol. The third kappa shape index (κ3) is 0.790. The summed E-state index contributed by atoms with van der Waals surface area (Å²) >= 11 is 0. The molecule has 1 rings (SSSR count). The minimum absolute atomic E-state index is 0.648. The summed E-state index contributed by atoms with van der Waals surface area (Å²) in [7, 11) is 0. The Balaban J connectivity index is 2.76. The summed E-state index contributed by atoms with van der Waals surface area (Å²) in [5, 5.41) is 0. The van der Waals surface area contributed by atoms with E-state index in [1.165, 1.54) is 0 Å². The Kier molecular flexibility index (Phi) is 0.648. The van der Waals surface area contributed by atoms with Crippen LogP contribution in [-0.2, 0) is 0 Å². The van der Waals surface area contributed by atoms with Crippen LogP contribution in [0.4, 0.5) is 0 Å². The van der Waals surface area contributed by atoms with Gasteiger partial charge in [-0.2, -0.15) is 0 Å². The molecule has 1 heterocycles. The van der Waals surface area contributed by atoms with Crippen LogP contribution < -0.4 is 0 Å². The van der Waals surface area contributed by atoms with Crippen LogP contribution in [0.2, 0.25) is 0 Å². The molecule has 0 spiro atoms.